The van der Waals surface area contributed by atoms with Gasteiger partial charge in [-0.25, -0.2) is 4.79 Å². The predicted molar refractivity (Wildman–Crippen MR) is 56.8 cm³/mol. The van der Waals surface area contributed by atoms with Gasteiger partial charge >= 0.3 is 6.09 Å². The monoisotopic (exact) mass is 228 g/mol. The molecular formula is C9H16N4O3. The molecule has 1 aliphatic rings. The second-order valence-corrected chi connectivity index (χ2v) is 3.71. The van der Waals surface area contributed by atoms with Crippen molar-refractivity contribution in [3.05, 3.63) is 10.4 Å². The molecule has 90 valence electrons. The number of hydrogen-bond acceptors (Lipinski definition) is 4. The van der Waals surface area contributed by atoms with Gasteiger partial charge in [0.1, 0.15) is 0 Å². The molecule has 0 aromatic carbocycles. The third kappa shape index (κ3) is 3.29. The molecule has 0 saturated carbocycles. The Kier molecular flexibility index (Phi) is 4.88. The van der Waals surface area contributed by atoms with E-state index in [2.05, 4.69) is 10.0 Å². The topological polar surface area (TPSA) is 98.5 Å². The van der Waals surface area contributed by atoms with Gasteiger partial charge in [-0.05, 0) is 12.0 Å². The molecule has 1 saturated heterocycles. The SMILES string of the molecule is CCCCOC(=O)N1CC(O)C(N=[N+]=[N-])C1. The highest BCUT2D eigenvalue weighted by atomic mass is 16.6. The molecular weight excluding hydrogens is 212 g/mol. The maximum absolute atomic E-state index is 11.5. The molecule has 1 amide bonds. The number of carbonyl (C=O) groups is 1. The summed E-state index contributed by atoms with van der Waals surface area (Å²) < 4.78 is 4.98. The molecule has 1 rings (SSSR count). The summed E-state index contributed by atoms with van der Waals surface area (Å²) in [6.45, 7) is 2.77. The molecule has 1 fully saturated rings. The average molecular weight is 228 g/mol. The second-order valence-electron chi connectivity index (χ2n) is 3.71. The Morgan fingerprint density at radius 1 is 1.69 bits per heavy atom. The van der Waals surface area contributed by atoms with Crippen LogP contribution in [0.1, 0.15) is 19.8 Å². The molecule has 0 radical (unpaired) electrons. The molecule has 1 heterocycles. The van der Waals surface area contributed by atoms with E-state index in [9.17, 15) is 9.90 Å². The zero-order valence-electron chi connectivity index (χ0n) is 9.24. The molecule has 0 aliphatic carbocycles. The van der Waals surface area contributed by atoms with Crippen molar-refractivity contribution in [1.82, 2.24) is 4.90 Å². The number of azide groups is 1. The lowest BCUT2D eigenvalue weighted by atomic mass is 10.2. The zero-order valence-corrected chi connectivity index (χ0v) is 9.24. The van der Waals surface area contributed by atoms with Gasteiger partial charge in [-0.2, -0.15) is 0 Å². The van der Waals surface area contributed by atoms with Crippen LogP contribution >= 0.6 is 0 Å². The van der Waals surface area contributed by atoms with Gasteiger partial charge in [0.25, 0.3) is 0 Å². The molecule has 0 aromatic heterocycles. The van der Waals surface area contributed by atoms with Crippen LogP contribution in [-0.4, -0.2) is 47.9 Å². The number of rotatable bonds is 4. The first-order valence-electron chi connectivity index (χ1n) is 5.33. The summed E-state index contributed by atoms with van der Waals surface area (Å²) >= 11 is 0. The smallest absolute Gasteiger partial charge is 0.409 e. The van der Waals surface area contributed by atoms with Gasteiger partial charge in [0.05, 0.1) is 25.3 Å². The number of ether oxygens (including phenoxy) is 1. The fourth-order valence-corrected chi connectivity index (χ4v) is 1.49. The van der Waals surface area contributed by atoms with Crippen molar-refractivity contribution >= 4 is 6.09 Å². The minimum absolute atomic E-state index is 0.161. The molecule has 0 aromatic rings. The predicted octanol–water partition coefficient (Wildman–Crippen LogP) is 1.28. The van der Waals surface area contributed by atoms with E-state index in [1.807, 2.05) is 6.92 Å². The second kappa shape index (κ2) is 6.19. The van der Waals surface area contributed by atoms with E-state index < -0.39 is 18.2 Å². The molecule has 0 spiro atoms. The summed E-state index contributed by atoms with van der Waals surface area (Å²) in [5.74, 6) is 0. The van der Waals surface area contributed by atoms with Gasteiger partial charge in [0, 0.05) is 11.5 Å². The van der Waals surface area contributed by atoms with Crippen molar-refractivity contribution in [3.63, 3.8) is 0 Å². The van der Waals surface area contributed by atoms with Gasteiger partial charge in [-0.1, -0.05) is 18.5 Å². The molecule has 0 bridgehead atoms. The van der Waals surface area contributed by atoms with Crippen LogP contribution in [0.4, 0.5) is 4.79 Å². The molecule has 2 atom stereocenters. The molecule has 1 aliphatic heterocycles. The third-order valence-corrected chi connectivity index (χ3v) is 2.44. The Labute approximate surface area is 93.6 Å². The van der Waals surface area contributed by atoms with Crippen molar-refractivity contribution in [2.75, 3.05) is 19.7 Å². The van der Waals surface area contributed by atoms with Gasteiger partial charge in [-0.15, -0.1) is 0 Å². The van der Waals surface area contributed by atoms with Crippen molar-refractivity contribution < 1.29 is 14.6 Å². The van der Waals surface area contributed by atoms with Crippen molar-refractivity contribution in [3.8, 4) is 0 Å². The van der Waals surface area contributed by atoms with Gasteiger partial charge in [-0.3, -0.25) is 0 Å². The molecule has 16 heavy (non-hydrogen) atoms. The lowest BCUT2D eigenvalue weighted by Gasteiger charge is -2.15. The summed E-state index contributed by atoms with van der Waals surface area (Å²) in [4.78, 5) is 15.5. The Balaban J connectivity index is 2.39. The highest BCUT2D eigenvalue weighted by molar-refractivity contribution is 5.68. The largest absolute Gasteiger partial charge is 0.449 e. The number of aliphatic hydroxyl groups excluding tert-OH is 1. The van der Waals surface area contributed by atoms with E-state index >= 15 is 0 Å². The van der Waals surface area contributed by atoms with Gasteiger partial charge in [0.2, 0.25) is 0 Å². The summed E-state index contributed by atoms with van der Waals surface area (Å²) in [6.07, 6.45) is 0.525. The normalized spacial score (nSPS) is 24.0. The number of carbonyl (C=O) groups excluding carboxylic acids is 1. The summed E-state index contributed by atoms with van der Waals surface area (Å²) in [5, 5.41) is 12.9. The van der Waals surface area contributed by atoms with E-state index in [4.69, 9.17) is 10.3 Å². The lowest BCUT2D eigenvalue weighted by molar-refractivity contribution is 0.102. The van der Waals surface area contributed by atoms with E-state index in [0.29, 0.717) is 6.61 Å². The summed E-state index contributed by atoms with van der Waals surface area (Å²) in [5.41, 5.74) is 8.26. The number of amides is 1. The van der Waals surface area contributed by atoms with Crippen LogP contribution < -0.4 is 0 Å². The highest BCUT2D eigenvalue weighted by Gasteiger charge is 2.34. The summed E-state index contributed by atoms with van der Waals surface area (Å²) in [6, 6.07) is -0.566. The number of hydrogen-bond donors (Lipinski definition) is 1. The van der Waals surface area contributed by atoms with E-state index in [1.54, 1.807) is 0 Å². The van der Waals surface area contributed by atoms with E-state index in [1.165, 1.54) is 4.90 Å². The van der Waals surface area contributed by atoms with Crippen LogP contribution in [0.2, 0.25) is 0 Å². The fraction of sp³-hybridized carbons (Fsp3) is 0.889. The highest BCUT2D eigenvalue weighted by Crippen LogP contribution is 2.14. The van der Waals surface area contributed by atoms with Crippen LogP contribution in [0.25, 0.3) is 10.4 Å². The minimum atomic E-state index is -0.797. The van der Waals surface area contributed by atoms with Crippen LogP contribution in [0, 0.1) is 0 Å². The average Bonchev–Trinajstić information content (AvgIpc) is 2.61. The number of β-amino-alcohol motifs (C(OH)–C–C–N with tert-alkyl or cyclic N) is 1. The first-order valence-corrected chi connectivity index (χ1v) is 5.33. The van der Waals surface area contributed by atoms with Crippen molar-refractivity contribution in [2.45, 2.75) is 31.9 Å². The fourth-order valence-electron chi connectivity index (χ4n) is 1.49. The molecule has 7 nitrogen and oxygen atoms in total. The van der Waals surface area contributed by atoms with Crippen molar-refractivity contribution in [1.29, 1.82) is 0 Å². The van der Waals surface area contributed by atoms with Crippen LogP contribution in [-0.2, 0) is 4.74 Å². The van der Waals surface area contributed by atoms with Crippen molar-refractivity contribution in [2.24, 2.45) is 5.11 Å². The van der Waals surface area contributed by atoms with Crippen LogP contribution in [0.15, 0.2) is 5.11 Å². The molecule has 2 unspecified atom stereocenters. The van der Waals surface area contributed by atoms with Gasteiger partial charge in [0.15, 0.2) is 0 Å². The maximum Gasteiger partial charge on any atom is 0.409 e. The van der Waals surface area contributed by atoms with Gasteiger partial charge < -0.3 is 14.7 Å². The Bertz CT molecular complexity index is 290. The maximum atomic E-state index is 11.5. The lowest BCUT2D eigenvalue weighted by Crippen LogP contribution is -2.30. The number of aliphatic hydroxyl groups is 1. The summed E-state index contributed by atoms with van der Waals surface area (Å²) in [7, 11) is 0. The first-order chi connectivity index (χ1) is 7.69. The quantitative estimate of drug-likeness (QED) is 0.339. The Morgan fingerprint density at radius 2 is 2.44 bits per heavy atom. The third-order valence-electron chi connectivity index (χ3n) is 2.44. The standard InChI is InChI=1S/C9H16N4O3/c1-2-3-4-16-9(15)13-5-7(11-12-10)8(14)6-13/h7-8,14H,2-6H2,1H3. The minimum Gasteiger partial charge on any atom is -0.449 e. The molecule has 1 N–H and O–H groups in total. The van der Waals surface area contributed by atoms with E-state index in [0.717, 1.165) is 12.8 Å². The first kappa shape index (κ1) is 12.6. The molecule has 7 heteroatoms. The Hall–Kier alpha value is -1.46. The zero-order chi connectivity index (χ0) is 12.0. The van der Waals surface area contributed by atoms with Crippen LogP contribution in [0.3, 0.4) is 0 Å². The van der Waals surface area contributed by atoms with Crippen LogP contribution in [0.5, 0.6) is 0 Å². The number of likely N-dealkylation sites (tertiary alicyclic amines) is 1. The van der Waals surface area contributed by atoms with E-state index in [-0.39, 0.29) is 13.1 Å². The Morgan fingerprint density at radius 3 is 3.06 bits per heavy atom. The number of nitrogens with zero attached hydrogens (tertiary/aromatic N) is 4. The number of unbranched alkanes of at least 4 members (excludes halogenated alkanes) is 1.